The van der Waals surface area contributed by atoms with Crippen molar-refractivity contribution in [3.05, 3.63) is 83.9 Å². The van der Waals surface area contributed by atoms with E-state index in [4.69, 9.17) is 14.2 Å². The molecule has 41 heavy (non-hydrogen) atoms. The molecule has 1 saturated heterocycles. The Hall–Kier alpha value is -3.48. The fourth-order valence-corrected chi connectivity index (χ4v) is 5.86. The molecule has 0 N–H and O–H groups in total. The van der Waals surface area contributed by atoms with Gasteiger partial charge in [-0.15, -0.1) is 11.8 Å². The molecule has 1 aliphatic rings. The van der Waals surface area contributed by atoms with Crippen molar-refractivity contribution in [3.63, 3.8) is 0 Å². The van der Waals surface area contributed by atoms with Gasteiger partial charge in [-0.2, -0.15) is 0 Å². The molecule has 0 aromatic heterocycles. The van der Waals surface area contributed by atoms with Gasteiger partial charge in [-0.1, -0.05) is 18.6 Å². The first-order valence-electron chi connectivity index (χ1n) is 14.4. The second-order valence-corrected chi connectivity index (χ2v) is 11.6. The Bertz CT molecular complexity index is 1490. The molecule has 0 radical (unpaired) electrons. The highest BCUT2D eigenvalue weighted by molar-refractivity contribution is 7.98. The molecule has 1 heterocycles. The number of nitrogens with zero attached hydrogens (tertiary/aromatic N) is 1. The molecule has 214 valence electrons. The molecule has 0 unspecified atom stereocenters. The van der Waals surface area contributed by atoms with Gasteiger partial charge in [0, 0.05) is 28.1 Å². The van der Waals surface area contributed by atoms with Gasteiger partial charge < -0.3 is 14.2 Å². The average Bonchev–Trinajstić information content (AvgIpc) is 3.00. The Morgan fingerprint density at radius 2 is 1.61 bits per heavy atom. The molecule has 0 aliphatic carbocycles. The molecule has 0 spiro atoms. The number of ketones is 1. The third-order valence-electron chi connectivity index (χ3n) is 7.54. The van der Waals surface area contributed by atoms with Gasteiger partial charge in [-0.25, -0.2) is 0 Å². The zero-order valence-corrected chi connectivity index (χ0v) is 25.3. The predicted molar refractivity (Wildman–Crippen MR) is 169 cm³/mol. The van der Waals surface area contributed by atoms with Crippen molar-refractivity contribution in [3.8, 4) is 28.4 Å². The number of ether oxygens (including phenoxy) is 3. The van der Waals surface area contributed by atoms with E-state index >= 15 is 0 Å². The molecule has 6 heteroatoms. The topological polar surface area (TPSA) is 48.0 Å². The van der Waals surface area contributed by atoms with E-state index in [9.17, 15) is 4.79 Å². The molecule has 5 rings (SSSR count). The van der Waals surface area contributed by atoms with Gasteiger partial charge in [0.15, 0.2) is 5.78 Å². The standard InChI is InChI=1S/C35H39NO4S/c1-24(2)40-33-23-29(41-4)14-17-31(33)32-15-10-26-22-28(38-3)13-16-30(26)34(32)35(37)25-8-11-27(12-9-25)39-21-20-36-18-6-5-7-19-36/h8-17,22-24H,5-7,18-21H2,1-4H3. The molecular weight excluding hydrogens is 530 g/mol. The Morgan fingerprint density at radius 1 is 0.878 bits per heavy atom. The zero-order chi connectivity index (χ0) is 28.8. The van der Waals surface area contributed by atoms with Crippen LogP contribution in [0.2, 0.25) is 0 Å². The maximum atomic E-state index is 14.3. The van der Waals surface area contributed by atoms with E-state index in [0.717, 1.165) is 63.7 Å². The summed E-state index contributed by atoms with van der Waals surface area (Å²) < 4.78 is 17.8. The number of carbonyl (C=O) groups is 1. The lowest BCUT2D eigenvalue weighted by atomic mass is 9.89. The fraction of sp³-hybridized carbons (Fsp3) is 0.343. The van der Waals surface area contributed by atoms with E-state index in [1.807, 2.05) is 74.7 Å². The lowest BCUT2D eigenvalue weighted by Crippen LogP contribution is -2.33. The van der Waals surface area contributed by atoms with E-state index in [-0.39, 0.29) is 11.9 Å². The Kier molecular flexibility index (Phi) is 9.53. The van der Waals surface area contributed by atoms with Crippen molar-refractivity contribution in [1.29, 1.82) is 0 Å². The van der Waals surface area contributed by atoms with Crippen LogP contribution in [0.4, 0.5) is 0 Å². The smallest absolute Gasteiger partial charge is 0.194 e. The van der Waals surface area contributed by atoms with E-state index in [1.165, 1.54) is 19.3 Å². The average molecular weight is 570 g/mol. The summed E-state index contributed by atoms with van der Waals surface area (Å²) in [6.07, 6.45) is 5.91. The van der Waals surface area contributed by atoms with Gasteiger partial charge >= 0.3 is 0 Å². The molecule has 4 aromatic carbocycles. The number of methoxy groups -OCH3 is 1. The number of rotatable bonds is 11. The fourth-order valence-electron chi connectivity index (χ4n) is 5.43. The third kappa shape index (κ3) is 6.88. The van der Waals surface area contributed by atoms with Crippen LogP contribution in [-0.2, 0) is 0 Å². The van der Waals surface area contributed by atoms with Crippen LogP contribution in [0.25, 0.3) is 21.9 Å². The van der Waals surface area contributed by atoms with Crippen LogP contribution in [0, 0.1) is 0 Å². The minimum Gasteiger partial charge on any atom is -0.497 e. The zero-order valence-electron chi connectivity index (χ0n) is 24.4. The summed E-state index contributed by atoms with van der Waals surface area (Å²) >= 11 is 1.67. The predicted octanol–water partition coefficient (Wildman–Crippen LogP) is 8.12. The monoisotopic (exact) mass is 569 g/mol. The maximum Gasteiger partial charge on any atom is 0.194 e. The van der Waals surface area contributed by atoms with Crippen molar-refractivity contribution in [2.24, 2.45) is 0 Å². The lowest BCUT2D eigenvalue weighted by Gasteiger charge is -2.26. The first kappa shape index (κ1) is 29.0. The number of fused-ring (bicyclic) bond motifs is 1. The largest absolute Gasteiger partial charge is 0.497 e. The normalized spacial score (nSPS) is 13.9. The quantitative estimate of drug-likeness (QED) is 0.134. The first-order valence-corrected chi connectivity index (χ1v) is 15.6. The molecular formula is C35H39NO4S. The van der Waals surface area contributed by atoms with E-state index < -0.39 is 0 Å². The summed E-state index contributed by atoms with van der Waals surface area (Å²) in [5, 5.41) is 1.82. The number of carbonyl (C=O) groups excluding carboxylic acids is 1. The van der Waals surface area contributed by atoms with Crippen LogP contribution in [0.3, 0.4) is 0 Å². The van der Waals surface area contributed by atoms with Crippen LogP contribution in [0.1, 0.15) is 49.0 Å². The molecule has 0 amide bonds. The number of hydrogen-bond donors (Lipinski definition) is 0. The van der Waals surface area contributed by atoms with E-state index in [2.05, 4.69) is 23.1 Å². The van der Waals surface area contributed by atoms with Gasteiger partial charge in [0.05, 0.1) is 13.2 Å². The lowest BCUT2D eigenvalue weighted by molar-refractivity contribution is 0.104. The summed E-state index contributed by atoms with van der Waals surface area (Å²) in [6, 6.07) is 23.7. The van der Waals surface area contributed by atoms with Gasteiger partial charge in [0.1, 0.15) is 23.9 Å². The minimum absolute atomic E-state index is 0.00261. The van der Waals surface area contributed by atoms with Gasteiger partial charge in [0.25, 0.3) is 0 Å². The highest BCUT2D eigenvalue weighted by Gasteiger charge is 2.22. The van der Waals surface area contributed by atoms with Crippen molar-refractivity contribution >= 4 is 28.3 Å². The summed E-state index contributed by atoms with van der Waals surface area (Å²) in [6.45, 7) is 7.92. The number of thioether (sulfide) groups is 1. The van der Waals surface area contributed by atoms with E-state index in [1.54, 1.807) is 18.9 Å². The molecule has 0 saturated carbocycles. The van der Waals surface area contributed by atoms with Crippen molar-refractivity contribution in [1.82, 2.24) is 4.90 Å². The number of benzene rings is 4. The SMILES string of the molecule is COc1ccc2c(C(=O)c3ccc(OCCN4CCCCC4)cc3)c(-c3ccc(SC)cc3OC(C)C)ccc2c1. The second kappa shape index (κ2) is 13.5. The van der Waals surface area contributed by atoms with Crippen LogP contribution < -0.4 is 14.2 Å². The van der Waals surface area contributed by atoms with Crippen molar-refractivity contribution in [2.45, 2.75) is 44.1 Å². The van der Waals surface area contributed by atoms with Crippen LogP contribution in [0.5, 0.6) is 17.2 Å². The summed E-state index contributed by atoms with van der Waals surface area (Å²) in [7, 11) is 1.65. The number of likely N-dealkylation sites (tertiary alicyclic amines) is 1. The third-order valence-corrected chi connectivity index (χ3v) is 8.26. The van der Waals surface area contributed by atoms with E-state index in [0.29, 0.717) is 17.7 Å². The van der Waals surface area contributed by atoms with Crippen LogP contribution >= 0.6 is 11.8 Å². The molecule has 1 aliphatic heterocycles. The Balaban J connectivity index is 1.50. The summed E-state index contributed by atoms with van der Waals surface area (Å²) in [5.74, 6) is 2.26. The van der Waals surface area contributed by atoms with Gasteiger partial charge in [0.2, 0.25) is 0 Å². The summed E-state index contributed by atoms with van der Waals surface area (Å²) in [4.78, 5) is 17.8. The summed E-state index contributed by atoms with van der Waals surface area (Å²) in [5.41, 5.74) is 3.01. The highest BCUT2D eigenvalue weighted by atomic mass is 32.2. The molecule has 4 aromatic rings. The molecule has 5 nitrogen and oxygen atoms in total. The van der Waals surface area contributed by atoms with Crippen molar-refractivity contribution in [2.75, 3.05) is 39.6 Å². The highest BCUT2D eigenvalue weighted by Crippen LogP contribution is 2.40. The van der Waals surface area contributed by atoms with Gasteiger partial charge in [-0.3, -0.25) is 9.69 Å². The van der Waals surface area contributed by atoms with Gasteiger partial charge in [-0.05, 0) is 123 Å². The van der Waals surface area contributed by atoms with Crippen LogP contribution in [0.15, 0.2) is 77.7 Å². The Labute approximate surface area is 247 Å². The first-order chi connectivity index (χ1) is 20.0. The van der Waals surface area contributed by atoms with Crippen molar-refractivity contribution < 1.29 is 19.0 Å². The molecule has 1 fully saturated rings. The van der Waals surface area contributed by atoms with Crippen LogP contribution in [-0.4, -0.2) is 56.4 Å². The number of hydrogen-bond acceptors (Lipinski definition) is 6. The molecule has 0 bridgehead atoms. The maximum absolute atomic E-state index is 14.3. The Morgan fingerprint density at radius 3 is 2.32 bits per heavy atom. The minimum atomic E-state index is -0.0416. The molecule has 0 atom stereocenters. The second-order valence-electron chi connectivity index (χ2n) is 10.7. The number of piperidine rings is 1.